The van der Waals surface area contributed by atoms with Crippen molar-refractivity contribution < 1.29 is 22.7 Å². The highest BCUT2D eigenvalue weighted by Gasteiger charge is 2.29. The van der Waals surface area contributed by atoms with Crippen LogP contribution in [0.5, 0.6) is 11.5 Å². The normalized spacial score (nSPS) is 15.0. The third-order valence-electron chi connectivity index (χ3n) is 5.61. The number of ether oxygens (including phenoxy) is 2. The quantitative estimate of drug-likeness (QED) is 0.557. The fourth-order valence-corrected chi connectivity index (χ4v) is 5.29. The minimum atomic E-state index is -3.97. The van der Waals surface area contributed by atoms with Gasteiger partial charge in [-0.05, 0) is 56.7 Å². The number of nitrogens with zero attached hydrogens (tertiary/aromatic N) is 1. The second-order valence-corrected chi connectivity index (χ2v) is 10.3. The van der Waals surface area contributed by atoms with Gasteiger partial charge in [0, 0.05) is 0 Å². The molecule has 1 N–H and O–H groups in total. The van der Waals surface area contributed by atoms with Gasteiger partial charge in [-0.15, -0.1) is 0 Å². The maximum absolute atomic E-state index is 13.6. The van der Waals surface area contributed by atoms with Gasteiger partial charge in [0.1, 0.15) is 19.3 Å². The Hall–Kier alpha value is -3.52. The Kier molecular flexibility index (Phi) is 6.79. The van der Waals surface area contributed by atoms with E-state index in [0.717, 1.165) is 21.0 Å². The zero-order valence-electron chi connectivity index (χ0n) is 19.4. The third kappa shape index (κ3) is 5.17. The Balaban J connectivity index is 1.52. The number of fused-ring (bicyclic) bond motifs is 1. The molecule has 1 atom stereocenters. The molecule has 1 aliphatic rings. The number of sulfonamides is 1. The lowest BCUT2D eigenvalue weighted by molar-refractivity contribution is -0.120. The van der Waals surface area contributed by atoms with Crippen molar-refractivity contribution >= 4 is 21.6 Å². The largest absolute Gasteiger partial charge is 0.486 e. The summed E-state index contributed by atoms with van der Waals surface area (Å²) in [5, 5.41) is 2.80. The number of hydrogen-bond donors (Lipinski definition) is 1. The number of para-hydroxylation sites is 2. The molecule has 8 heteroatoms. The van der Waals surface area contributed by atoms with Crippen LogP contribution >= 0.6 is 0 Å². The summed E-state index contributed by atoms with van der Waals surface area (Å²) in [6, 6.07) is 19.4. The molecule has 34 heavy (non-hydrogen) atoms. The molecule has 0 saturated heterocycles. The lowest BCUT2D eigenvalue weighted by atomic mass is 10.1. The minimum absolute atomic E-state index is 0.131. The van der Waals surface area contributed by atoms with Crippen molar-refractivity contribution in [3.63, 3.8) is 0 Å². The first-order valence-electron chi connectivity index (χ1n) is 11.1. The van der Waals surface area contributed by atoms with Crippen LogP contribution in [0.1, 0.15) is 16.7 Å². The van der Waals surface area contributed by atoms with Crippen LogP contribution in [0.15, 0.2) is 71.6 Å². The van der Waals surface area contributed by atoms with Gasteiger partial charge in [-0.2, -0.15) is 0 Å². The predicted molar refractivity (Wildman–Crippen MR) is 131 cm³/mol. The van der Waals surface area contributed by atoms with Crippen LogP contribution in [0.25, 0.3) is 0 Å². The Bertz CT molecular complexity index is 1290. The molecule has 0 aliphatic carbocycles. The highest BCUT2D eigenvalue weighted by atomic mass is 32.2. The Labute approximate surface area is 200 Å². The molecule has 1 amide bonds. The van der Waals surface area contributed by atoms with Crippen molar-refractivity contribution in [3.8, 4) is 11.5 Å². The maximum Gasteiger partial charge on any atom is 0.264 e. The van der Waals surface area contributed by atoms with Crippen molar-refractivity contribution in [3.05, 3.63) is 83.4 Å². The van der Waals surface area contributed by atoms with E-state index in [9.17, 15) is 13.2 Å². The van der Waals surface area contributed by atoms with E-state index in [1.54, 1.807) is 36.4 Å². The highest BCUT2D eigenvalue weighted by Crippen LogP contribution is 2.31. The van der Waals surface area contributed by atoms with E-state index >= 15 is 0 Å². The zero-order valence-corrected chi connectivity index (χ0v) is 20.3. The molecule has 0 radical (unpaired) electrons. The van der Waals surface area contributed by atoms with Crippen molar-refractivity contribution in [1.29, 1.82) is 0 Å². The second kappa shape index (κ2) is 9.77. The summed E-state index contributed by atoms with van der Waals surface area (Å²) in [6.45, 7) is 5.79. The summed E-state index contributed by atoms with van der Waals surface area (Å²) in [5.41, 5.74) is 3.19. The lowest BCUT2D eigenvalue weighted by Crippen LogP contribution is -2.45. The number of aryl methyl sites for hydroxylation is 3. The van der Waals surface area contributed by atoms with Gasteiger partial charge in [0.15, 0.2) is 11.5 Å². The maximum atomic E-state index is 13.6. The summed E-state index contributed by atoms with van der Waals surface area (Å²) >= 11 is 0. The molecule has 1 unspecified atom stereocenters. The van der Waals surface area contributed by atoms with E-state index in [2.05, 4.69) is 5.32 Å². The average molecular weight is 481 g/mol. The molecule has 0 bridgehead atoms. The van der Waals surface area contributed by atoms with Gasteiger partial charge in [0.05, 0.1) is 17.1 Å². The summed E-state index contributed by atoms with van der Waals surface area (Å²) in [4.78, 5) is 13.0. The van der Waals surface area contributed by atoms with Crippen LogP contribution in [0, 0.1) is 20.8 Å². The Morgan fingerprint density at radius 2 is 1.65 bits per heavy atom. The summed E-state index contributed by atoms with van der Waals surface area (Å²) < 4.78 is 39.8. The van der Waals surface area contributed by atoms with Crippen molar-refractivity contribution in [2.45, 2.75) is 31.8 Å². The van der Waals surface area contributed by atoms with Gasteiger partial charge in [-0.25, -0.2) is 8.42 Å². The fourth-order valence-electron chi connectivity index (χ4n) is 3.80. The van der Waals surface area contributed by atoms with Crippen molar-refractivity contribution in [2.75, 3.05) is 24.0 Å². The molecular weight excluding hydrogens is 452 g/mol. The molecule has 0 fully saturated rings. The molecule has 4 rings (SSSR count). The number of hydrogen-bond acceptors (Lipinski definition) is 5. The summed E-state index contributed by atoms with van der Waals surface area (Å²) in [7, 11) is -3.97. The van der Waals surface area contributed by atoms with Gasteiger partial charge >= 0.3 is 0 Å². The SMILES string of the molecule is Cc1ccc(S(=O)(=O)N(CC(=O)NCC2COc3ccccc3O2)c2ccc(C)cc2C)cc1. The molecule has 3 aromatic carbocycles. The minimum Gasteiger partial charge on any atom is -0.486 e. The van der Waals surface area contributed by atoms with E-state index < -0.39 is 15.9 Å². The number of carbonyl (C=O) groups excluding carboxylic acids is 1. The standard InChI is InChI=1S/C26H28N2O5S/c1-18-8-11-22(12-9-18)34(30,31)28(23-13-10-19(2)14-20(23)3)16-26(29)27-15-21-17-32-24-6-4-5-7-25(24)33-21/h4-14,21H,15-17H2,1-3H3,(H,27,29). The Morgan fingerprint density at radius 3 is 2.35 bits per heavy atom. The molecule has 7 nitrogen and oxygen atoms in total. The monoisotopic (exact) mass is 480 g/mol. The van der Waals surface area contributed by atoms with Crippen molar-refractivity contribution in [1.82, 2.24) is 5.32 Å². The van der Waals surface area contributed by atoms with Gasteiger partial charge in [-0.1, -0.05) is 47.5 Å². The van der Waals surface area contributed by atoms with Crippen LogP contribution in [0.2, 0.25) is 0 Å². The molecule has 1 aliphatic heterocycles. The summed E-state index contributed by atoms with van der Waals surface area (Å²) in [5.74, 6) is 0.847. The van der Waals surface area contributed by atoms with Crippen LogP contribution in [0.3, 0.4) is 0 Å². The van der Waals surface area contributed by atoms with Crippen LogP contribution in [-0.4, -0.2) is 40.1 Å². The first kappa shape index (κ1) is 23.6. The number of amides is 1. The molecule has 0 saturated carbocycles. The van der Waals surface area contributed by atoms with Crippen LogP contribution in [-0.2, 0) is 14.8 Å². The number of benzene rings is 3. The number of carbonyl (C=O) groups is 1. The number of nitrogens with one attached hydrogen (secondary N) is 1. The zero-order chi connectivity index (χ0) is 24.3. The topological polar surface area (TPSA) is 84.9 Å². The first-order chi connectivity index (χ1) is 16.2. The van der Waals surface area contributed by atoms with Crippen molar-refractivity contribution in [2.24, 2.45) is 0 Å². The second-order valence-electron chi connectivity index (χ2n) is 8.42. The van der Waals surface area contributed by atoms with Crippen LogP contribution in [0.4, 0.5) is 5.69 Å². The van der Waals surface area contributed by atoms with Gasteiger partial charge < -0.3 is 14.8 Å². The first-order valence-corrected chi connectivity index (χ1v) is 12.5. The summed E-state index contributed by atoms with van der Waals surface area (Å²) in [6.07, 6.45) is -0.373. The van der Waals surface area contributed by atoms with Gasteiger partial charge in [-0.3, -0.25) is 9.10 Å². The van der Waals surface area contributed by atoms with Crippen LogP contribution < -0.4 is 19.1 Å². The number of anilines is 1. The van der Waals surface area contributed by atoms with E-state index in [4.69, 9.17) is 9.47 Å². The molecule has 0 aromatic heterocycles. The van der Waals surface area contributed by atoms with E-state index in [-0.39, 0.29) is 24.1 Å². The predicted octanol–water partition coefficient (Wildman–Crippen LogP) is 3.76. The van der Waals surface area contributed by atoms with E-state index in [0.29, 0.717) is 23.8 Å². The third-order valence-corrected chi connectivity index (χ3v) is 7.39. The molecule has 178 valence electrons. The smallest absolute Gasteiger partial charge is 0.264 e. The lowest BCUT2D eigenvalue weighted by Gasteiger charge is -2.28. The van der Waals surface area contributed by atoms with E-state index in [1.165, 1.54) is 0 Å². The molecule has 1 heterocycles. The van der Waals surface area contributed by atoms with Gasteiger partial charge in [0.25, 0.3) is 10.0 Å². The molecular formula is C26H28N2O5S. The highest BCUT2D eigenvalue weighted by molar-refractivity contribution is 7.92. The van der Waals surface area contributed by atoms with E-state index in [1.807, 2.05) is 51.1 Å². The Morgan fingerprint density at radius 1 is 0.971 bits per heavy atom. The average Bonchev–Trinajstić information content (AvgIpc) is 2.82. The fraction of sp³-hybridized carbons (Fsp3) is 0.269. The molecule has 0 spiro atoms. The number of rotatable bonds is 7. The molecule has 3 aromatic rings. The van der Waals surface area contributed by atoms with Gasteiger partial charge in [0.2, 0.25) is 5.91 Å².